The summed E-state index contributed by atoms with van der Waals surface area (Å²) in [7, 11) is 0. The Hall–Kier alpha value is -2.19. The molecule has 0 aromatic carbocycles. The van der Waals surface area contributed by atoms with Crippen LogP contribution in [0.25, 0.3) is 0 Å². The first-order valence-corrected chi connectivity index (χ1v) is 15.7. The molecule has 1 unspecified atom stereocenters. The van der Waals surface area contributed by atoms with E-state index in [2.05, 4.69) is 24.4 Å². The fraction of sp³-hybridized carbons (Fsp3) is 0.781. The molecule has 0 aliphatic carbocycles. The summed E-state index contributed by atoms with van der Waals surface area (Å²) in [5, 5.41) is 21.9. The van der Waals surface area contributed by atoms with E-state index in [0.717, 1.165) is 25.7 Å². The first-order chi connectivity index (χ1) is 19.2. The number of hydrogen-bond donors (Lipinski definition) is 3. The van der Waals surface area contributed by atoms with Crippen molar-refractivity contribution >= 4 is 17.7 Å². The van der Waals surface area contributed by atoms with Gasteiger partial charge in [-0.25, -0.2) is 0 Å². The standard InChI is InChI=1S/C32H57N3O5/c1-4-5-6-7-8-9-10-11-12-13-14-15-16-17-18-20-28(37)34-23-19-24-35(26-25-34)29(38)21-22-33-31(40)30(39)32(2,3)27-36/h11-12,19,24,30,36,39H,4-10,13-18,20-23,25-27H2,1-3H3,(H,33,40). The number of amides is 3. The van der Waals surface area contributed by atoms with E-state index in [4.69, 9.17) is 0 Å². The Morgan fingerprint density at radius 1 is 0.875 bits per heavy atom. The van der Waals surface area contributed by atoms with E-state index < -0.39 is 17.4 Å². The SMILES string of the molecule is CCCCCCCCC=CCCCCCCCC(=O)N1CC=CN(C(=O)CCNC(=O)C(O)C(C)(C)CO)CC1. The van der Waals surface area contributed by atoms with E-state index in [1.54, 1.807) is 29.8 Å². The molecular weight excluding hydrogens is 506 g/mol. The molecule has 1 aliphatic rings. The van der Waals surface area contributed by atoms with Gasteiger partial charge in [0.1, 0.15) is 6.10 Å². The van der Waals surface area contributed by atoms with Gasteiger partial charge in [0.15, 0.2) is 0 Å². The Balaban J connectivity index is 2.12. The summed E-state index contributed by atoms with van der Waals surface area (Å²) in [6.45, 7) is 6.60. The zero-order chi connectivity index (χ0) is 29.6. The number of carbonyl (C=O) groups is 3. The molecule has 0 saturated carbocycles. The molecule has 1 atom stereocenters. The van der Waals surface area contributed by atoms with Crippen molar-refractivity contribution in [1.29, 1.82) is 0 Å². The molecule has 3 amide bonds. The summed E-state index contributed by atoms with van der Waals surface area (Å²) in [5.74, 6) is -0.631. The van der Waals surface area contributed by atoms with E-state index in [0.29, 0.717) is 26.1 Å². The van der Waals surface area contributed by atoms with Gasteiger partial charge in [-0.3, -0.25) is 14.4 Å². The number of carbonyl (C=O) groups excluding carboxylic acids is 3. The Bertz CT molecular complexity index is 781. The number of allylic oxidation sites excluding steroid dienone is 2. The third-order valence-electron chi connectivity index (χ3n) is 7.58. The summed E-state index contributed by atoms with van der Waals surface area (Å²) in [6.07, 6.45) is 23.5. The molecule has 8 nitrogen and oxygen atoms in total. The van der Waals surface area contributed by atoms with Crippen LogP contribution in [0.3, 0.4) is 0 Å². The predicted octanol–water partition coefficient (Wildman–Crippen LogP) is 5.09. The number of unbranched alkanes of at least 4 members (excludes halogenated alkanes) is 11. The quantitative estimate of drug-likeness (QED) is 0.133. The number of rotatable bonds is 21. The van der Waals surface area contributed by atoms with Crippen molar-refractivity contribution in [3.8, 4) is 0 Å². The van der Waals surface area contributed by atoms with Crippen molar-refractivity contribution in [2.24, 2.45) is 5.41 Å². The topological polar surface area (TPSA) is 110 Å². The van der Waals surface area contributed by atoms with Crippen molar-refractivity contribution in [2.45, 2.75) is 123 Å². The van der Waals surface area contributed by atoms with Gasteiger partial charge < -0.3 is 25.3 Å². The minimum absolute atomic E-state index is 0.0885. The Morgan fingerprint density at radius 3 is 2.10 bits per heavy atom. The minimum Gasteiger partial charge on any atom is -0.396 e. The van der Waals surface area contributed by atoms with Gasteiger partial charge in [-0.15, -0.1) is 0 Å². The van der Waals surface area contributed by atoms with E-state index in [9.17, 15) is 24.6 Å². The van der Waals surface area contributed by atoms with Gasteiger partial charge in [0.25, 0.3) is 0 Å². The van der Waals surface area contributed by atoms with Crippen LogP contribution < -0.4 is 5.32 Å². The molecule has 0 bridgehead atoms. The highest BCUT2D eigenvalue weighted by Crippen LogP contribution is 2.19. The number of nitrogens with zero attached hydrogens (tertiary/aromatic N) is 2. The number of hydrogen-bond acceptors (Lipinski definition) is 5. The smallest absolute Gasteiger partial charge is 0.249 e. The average Bonchev–Trinajstić information content (AvgIpc) is 3.21. The summed E-state index contributed by atoms with van der Waals surface area (Å²) in [6, 6.07) is 0. The van der Waals surface area contributed by atoms with Crippen LogP contribution in [0.2, 0.25) is 0 Å². The zero-order valence-electron chi connectivity index (χ0n) is 25.5. The Morgan fingerprint density at radius 2 is 1.48 bits per heavy atom. The molecule has 0 aromatic heterocycles. The normalized spacial score (nSPS) is 14.9. The lowest BCUT2D eigenvalue weighted by molar-refractivity contribution is -0.137. The predicted molar refractivity (Wildman–Crippen MR) is 161 cm³/mol. The van der Waals surface area contributed by atoms with Crippen molar-refractivity contribution < 1.29 is 24.6 Å². The lowest BCUT2D eigenvalue weighted by atomic mass is 9.87. The summed E-state index contributed by atoms with van der Waals surface area (Å²) < 4.78 is 0. The largest absolute Gasteiger partial charge is 0.396 e. The van der Waals surface area contributed by atoms with E-state index in [1.165, 1.54) is 57.8 Å². The molecule has 40 heavy (non-hydrogen) atoms. The molecule has 0 aromatic rings. The van der Waals surface area contributed by atoms with Crippen LogP contribution >= 0.6 is 0 Å². The lowest BCUT2D eigenvalue weighted by Gasteiger charge is -2.27. The maximum Gasteiger partial charge on any atom is 0.249 e. The number of aliphatic hydroxyl groups is 2. The average molecular weight is 564 g/mol. The summed E-state index contributed by atoms with van der Waals surface area (Å²) in [4.78, 5) is 40.7. The van der Waals surface area contributed by atoms with E-state index >= 15 is 0 Å². The molecule has 0 fully saturated rings. The fourth-order valence-corrected chi connectivity index (χ4v) is 4.61. The molecule has 1 heterocycles. The Labute approximate surface area is 243 Å². The van der Waals surface area contributed by atoms with Crippen LogP contribution in [0.4, 0.5) is 0 Å². The lowest BCUT2D eigenvalue weighted by Crippen LogP contribution is -2.46. The first kappa shape index (κ1) is 35.8. The van der Waals surface area contributed by atoms with Crippen molar-refractivity contribution in [1.82, 2.24) is 15.1 Å². The van der Waals surface area contributed by atoms with E-state index in [-0.39, 0.29) is 31.4 Å². The maximum absolute atomic E-state index is 12.7. The zero-order valence-corrected chi connectivity index (χ0v) is 25.5. The van der Waals surface area contributed by atoms with Crippen molar-refractivity contribution in [2.75, 3.05) is 32.8 Å². The van der Waals surface area contributed by atoms with Gasteiger partial charge in [0, 0.05) is 50.6 Å². The minimum atomic E-state index is -1.35. The monoisotopic (exact) mass is 563 g/mol. The highest BCUT2D eigenvalue weighted by Gasteiger charge is 2.32. The fourth-order valence-electron chi connectivity index (χ4n) is 4.61. The summed E-state index contributed by atoms with van der Waals surface area (Å²) in [5.41, 5.74) is -0.957. The first-order valence-electron chi connectivity index (χ1n) is 15.7. The van der Waals surface area contributed by atoms with Gasteiger partial charge in [0.05, 0.1) is 6.61 Å². The van der Waals surface area contributed by atoms with Gasteiger partial charge in [-0.1, -0.05) is 84.3 Å². The molecule has 3 N–H and O–H groups in total. The van der Waals surface area contributed by atoms with Crippen LogP contribution in [0.1, 0.15) is 117 Å². The molecule has 230 valence electrons. The highest BCUT2D eigenvalue weighted by molar-refractivity contribution is 5.83. The van der Waals surface area contributed by atoms with Gasteiger partial charge >= 0.3 is 0 Å². The molecular formula is C32H57N3O5. The van der Waals surface area contributed by atoms with Gasteiger partial charge in [0.2, 0.25) is 17.7 Å². The molecule has 0 spiro atoms. The van der Waals surface area contributed by atoms with E-state index in [1.807, 2.05) is 6.08 Å². The third-order valence-corrected chi connectivity index (χ3v) is 7.58. The van der Waals surface area contributed by atoms with Crippen LogP contribution in [0, 0.1) is 5.41 Å². The number of aliphatic hydroxyl groups excluding tert-OH is 2. The Kier molecular flexibility index (Phi) is 19.3. The maximum atomic E-state index is 12.7. The summed E-state index contributed by atoms with van der Waals surface area (Å²) >= 11 is 0. The molecule has 1 rings (SSSR count). The second-order valence-corrected chi connectivity index (χ2v) is 11.7. The molecule has 0 saturated heterocycles. The second kappa shape index (κ2) is 21.5. The van der Waals surface area contributed by atoms with Crippen LogP contribution in [-0.4, -0.2) is 76.6 Å². The molecule has 1 aliphatic heterocycles. The second-order valence-electron chi connectivity index (χ2n) is 11.7. The molecule has 0 radical (unpaired) electrons. The number of nitrogens with one attached hydrogen (secondary N) is 1. The van der Waals surface area contributed by atoms with Gasteiger partial charge in [-0.2, -0.15) is 0 Å². The third kappa shape index (κ3) is 15.6. The van der Waals surface area contributed by atoms with Crippen LogP contribution in [0.15, 0.2) is 24.4 Å². The van der Waals surface area contributed by atoms with Crippen molar-refractivity contribution in [3.05, 3.63) is 24.4 Å². The van der Waals surface area contributed by atoms with Crippen LogP contribution in [-0.2, 0) is 14.4 Å². The van der Waals surface area contributed by atoms with Crippen LogP contribution in [0.5, 0.6) is 0 Å². The van der Waals surface area contributed by atoms with Crippen molar-refractivity contribution in [3.63, 3.8) is 0 Å². The highest BCUT2D eigenvalue weighted by atomic mass is 16.3. The molecule has 8 heteroatoms. The van der Waals surface area contributed by atoms with Gasteiger partial charge in [-0.05, 0) is 38.2 Å².